The van der Waals surface area contributed by atoms with Gasteiger partial charge in [0, 0.05) is 12.5 Å². The Hall–Kier alpha value is -0.580. The van der Waals surface area contributed by atoms with Crippen molar-refractivity contribution >= 4 is 27.8 Å². The Morgan fingerprint density at radius 2 is 1.83 bits per heavy atom. The first-order chi connectivity index (χ1) is 8.15. The van der Waals surface area contributed by atoms with Gasteiger partial charge in [-0.1, -0.05) is 29.8 Å². The third-order valence-corrected chi connectivity index (χ3v) is 2.79. The lowest BCUT2D eigenvalue weighted by Gasteiger charge is -2.22. The summed E-state index contributed by atoms with van der Waals surface area (Å²) in [6, 6.07) is 0. The average Bonchev–Trinajstić information content (AvgIpc) is 2.20. The maximum atomic E-state index is 11.7. The molecule has 0 spiro atoms. The lowest BCUT2D eigenvalue weighted by molar-refractivity contribution is -0.120. The van der Waals surface area contributed by atoms with E-state index in [1.54, 1.807) is 0 Å². The number of nitrogens with one attached hydrogen (secondary N) is 1. The smallest absolute Gasteiger partial charge is 0.407 e. The Labute approximate surface area is 118 Å². The van der Waals surface area contributed by atoms with Crippen LogP contribution in [0.5, 0.6) is 0 Å². The highest BCUT2D eigenvalue weighted by Crippen LogP contribution is 2.14. The molecule has 5 heteroatoms. The summed E-state index contributed by atoms with van der Waals surface area (Å²) in [6.45, 7) is 9.87. The normalized spacial score (nSPS) is 13.3. The molecule has 0 bridgehead atoms. The number of alkyl carbamates (subject to hydrolysis) is 1. The average molecular weight is 322 g/mol. The van der Waals surface area contributed by atoms with Crippen molar-refractivity contribution in [1.82, 2.24) is 5.32 Å². The molecular formula is C13H24BrNO3. The van der Waals surface area contributed by atoms with Gasteiger partial charge in [0.05, 0.1) is 5.33 Å². The summed E-state index contributed by atoms with van der Waals surface area (Å²) < 4.78 is 5.13. The lowest BCUT2D eigenvalue weighted by atomic mass is 9.94. The molecule has 4 nitrogen and oxygen atoms in total. The van der Waals surface area contributed by atoms with E-state index in [9.17, 15) is 9.59 Å². The van der Waals surface area contributed by atoms with Crippen LogP contribution in [0.4, 0.5) is 4.79 Å². The lowest BCUT2D eigenvalue weighted by Crippen LogP contribution is -2.37. The van der Waals surface area contributed by atoms with Crippen LogP contribution in [0.3, 0.4) is 0 Å². The molecule has 1 amide bonds. The summed E-state index contributed by atoms with van der Waals surface area (Å²) in [5.41, 5.74) is -0.517. The van der Waals surface area contributed by atoms with E-state index in [0.717, 1.165) is 6.42 Å². The van der Waals surface area contributed by atoms with Gasteiger partial charge in [0.15, 0.2) is 0 Å². The van der Waals surface area contributed by atoms with Crippen molar-refractivity contribution < 1.29 is 14.3 Å². The maximum absolute atomic E-state index is 11.7. The summed E-state index contributed by atoms with van der Waals surface area (Å²) in [5, 5.41) is 2.98. The summed E-state index contributed by atoms with van der Waals surface area (Å²) in [5.74, 6) is 0.370. The number of Topliss-reactive ketones (excluding diaryl/α,β-unsaturated/α-hetero) is 1. The molecular weight excluding hydrogens is 298 g/mol. The molecule has 0 radical (unpaired) electrons. The molecule has 1 N–H and O–H groups in total. The number of amides is 1. The molecule has 0 aromatic rings. The van der Waals surface area contributed by atoms with Crippen molar-refractivity contribution in [3.05, 3.63) is 0 Å². The van der Waals surface area contributed by atoms with Gasteiger partial charge in [-0.25, -0.2) is 4.79 Å². The molecule has 0 heterocycles. The second-order valence-corrected chi connectivity index (χ2v) is 6.37. The highest BCUT2D eigenvalue weighted by atomic mass is 79.9. The highest BCUT2D eigenvalue weighted by Gasteiger charge is 2.21. The fourth-order valence-corrected chi connectivity index (χ4v) is 1.99. The van der Waals surface area contributed by atoms with Gasteiger partial charge in [0.2, 0.25) is 0 Å². The van der Waals surface area contributed by atoms with Crippen LogP contribution in [0.25, 0.3) is 0 Å². The molecule has 0 aliphatic rings. The molecule has 18 heavy (non-hydrogen) atoms. The highest BCUT2D eigenvalue weighted by molar-refractivity contribution is 9.09. The molecule has 0 saturated carbocycles. The van der Waals surface area contributed by atoms with E-state index in [1.165, 1.54) is 0 Å². The molecule has 106 valence electrons. The summed E-state index contributed by atoms with van der Waals surface area (Å²) in [4.78, 5) is 23.2. The topological polar surface area (TPSA) is 55.4 Å². The number of alkyl halides is 1. The Kier molecular flexibility index (Phi) is 7.52. The van der Waals surface area contributed by atoms with Crippen LogP contribution in [0.2, 0.25) is 0 Å². The molecule has 0 rings (SSSR count). The van der Waals surface area contributed by atoms with E-state index < -0.39 is 11.7 Å². The predicted octanol–water partition coefficient (Wildman–Crippen LogP) is 3.14. The zero-order valence-electron chi connectivity index (χ0n) is 11.9. The second kappa shape index (κ2) is 7.77. The minimum atomic E-state index is -0.517. The van der Waals surface area contributed by atoms with E-state index in [4.69, 9.17) is 4.74 Å². The molecule has 0 fully saturated rings. The van der Waals surface area contributed by atoms with Gasteiger partial charge in [0.1, 0.15) is 11.4 Å². The Morgan fingerprint density at radius 1 is 1.28 bits per heavy atom. The molecule has 0 aliphatic heterocycles. The van der Waals surface area contributed by atoms with Crippen molar-refractivity contribution in [2.24, 2.45) is 11.8 Å². The monoisotopic (exact) mass is 321 g/mol. The van der Waals surface area contributed by atoms with Gasteiger partial charge in [-0.15, -0.1) is 0 Å². The zero-order chi connectivity index (χ0) is 14.3. The summed E-state index contributed by atoms with van der Waals surface area (Å²) >= 11 is 3.17. The van der Waals surface area contributed by atoms with Gasteiger partial charge < -0.3 is 10.1 Å². The van der Waals surface area contributed by atoms with E-state index in [2.05, 4.69) is 35.1 Å². The van der Waals surface area contributed by atoms with Crippen LogP contribution in [0.1, 0.15) is 41.0 Å². The van der Waals surface area contributed by atoms with Crippen molar-refractivity contribution in [2.45, 2.75) is 46.6 Å². The molecule has 1 unspecified atom stereocenters. The molecule has 0 aromatic heterocycles. The van der Waals surface area contributed by atoms with E-state index >= 15 is 0 Å². The Morgan fingerprint density at radius 3 is 2.22 bits per heavy atom. The first kappa shape index (κ1) is 17.4. The van der Waals surface area contributed by atoms with Gasteiger partial charge in [-0.2, -0.15) is 0 Å². The fraction of sp³-hybridized carbons (Fsp3) is 0.846. The number of halogens is 1. The van der Waals surface area contributed by atoms with E-state index in [1.807, 2.05) is 20.8 Å². The van der Waals surface area contributed by atoms with Crippen molar-refractivity contribution in [2.75, 3.05) is 11.9 Å². The van der Waals surface area contributed by atoms with Crippen molar-refractivity contribution in [3.8, 4) is 0 Å². The number of carbonyl (C=O) groups excluding carboxylic acids is 2. The van der Waals surface area contributed by atoms with Crippen LogP contribution < -0.4 is 5.32 Å². The largest absolute Gasteiger partial charge is 0.444 e. The quantitative estimate of drug-likeness (QED) is 0.764. The van der Waals surface area contributed by atoms with E-state index in [-0.39, 0.29) is 11.7 Å². The molecule has 1 atom stereocenters. The SMILES string of the molecule is CC(C)CC(CNC(=O)OC(C)(C)C)C(=O)CBr. The number of ether oxygens (including phenoxy) is 1. The maximum Gasteiger partial charge on any atom is 0.407 e. The minimum Gasteiger partial charge on any atom is -0.444 e. The number of carbonyl (C=O) groups is 2. The standard InChI is InChI=1S/C13H24BrNO3/c1-9(2)6-10(11(16)7-14)8-15-12(17)18-13(3,4)5/h9-10H,6-8H2,1-5H3,(H,15,17). The van der Waals surface area contributed by atoms with Crippen LogP contribution in [0, 0.1) is 11.8 Å². The summed E-state index contributed by atoms with van der Waals surface area (Å²) in [6.07, 6.45) is 0.291. The molecule has 0 saturated heterocycles. The number of ketones is 1. The first-order valence-electron chi connectivity index (χ1n) is 6.21. The minimum absolute atomic E-state index is 0.111. The van der Waals surface area contributed by atoms with Crippen molar-refractivity contribution in [1.29, 1.82) is 0 Å². The summed E-state index contributed by atoms with van der Waals surface area (Å²) in [7, 11) is 0. The van der Waals surface area contributed by atoms with Crippen LogP contribution in [-0.4, -0.2) is 29.4 Å². The number of hydrogen-bond acceptors (Lipinski definition) is 3. The van der Waals surface area contributed by atoms with Crippen LogP contribution in [0.15, 0.2) is 0 Å². The Bertz CT molecular complexity index is 284. The number of hydrogen-bond donors (Lipinski definition) is 1. The Balaban J connectivity index is 4.26. The second-order valence-electron chi connectivity index (χ2n) is 5.81. The van der Waals surface area contributed by atoms with Gasteiger partial charge in [-0.3, -0.25) is 4.79 Å². The molecule has 0 aliphatic carbocycles. The van der Waals surface area contributed by atoms with E-state index in [0.29, 0.717) is 17.8 Å². The fourth-order valence-electron chi connectivity index (χ4n) is 1.53. The molecule has 0 aromatic carbocycles. The number of rotatable bonds is 6. The predicted molar refractivity (Wildman–Crippen MR) is 76.0 cm³/mol. The van der Waals surface area contributed by atoms with Crippen molar-refractivity contribution in [3.63, 3.8) is 0 Å². The third kappa shape index (κ3) is 8.50. The first-order valence-corrected chi connectivity index (χ1v) is 7.33. The third-order valence-electron chi connectivity index (χ3n) is 2.23. The zero-order valence-corrected chi connectivity index (χ0v) is 13.5. The van der Waals surface area contributed by atoms with Gasteiger partial charge >= 0.3 is 6.09 Å². The van der Waals surface area contributed by atoms with Crippen LogP contribution in [-0.2, 0) is 9.53 Å². The van der Waals surface area contributed by atoms with Crippen LogP contribution >= 0.6 is 15.9 Å². The van der Waals surface area contributed by atoms with Gasteiger partial charge in [0.25, 0.3) is 0 Å². The van der Waals surface area contributed by atoms with Gasteiger partial charge in [-0.05, 0) is 33.1 Å².